The second-order valence-corrected chi connectivity index (χ2v) is 7.03. The average molecular weight is 487 g/mol. The first-order valence-corrected chi connectivity index (χ1v) is 10.3. The zero-order valence-corrected chi connectivity index (χ0v) is 19.6. The molecule has 1 aliphatic heterocycles. The molecule has 0 aromatic heterocycles. The Morgan fingerprint density at radius 1 is 1.19 bits per heavy atom. The number of nitrogens with zero attached hydrogens (tertiary/aromatic N) is 3. The van der Waals surface area contributed by atoms with Crippen LogP contribution in [-0.4, -0.2) is 63.2 Å². The van der Waals surface area contributed by atoms with Crippen LogP contribution in [0.1, 0.15) is 39.5 Å². The van der Waals surface area contributed by atoms with Crippen LogP contribution in [0.4, 0.5) is 5.69 Å². The second-order valence-electron chi connectivity index (χ2n) is 7.03. The summed E-state index contributed by atoms with van der Waals surface area (Å²) in [5, 5.41) is 7.08. The van der Waals surface area contributed by atoms with E-state index in [1.165, 1.54) is 44.6 Å². The van der Waals surface area contributed by atoms with Gasteiger partial charge in [-0.1, -0.05) is 25.1 Å². The lowest BCUT2D eigenvalue weighted by Gasteiger charge is -2.32. The lowest BCUT2D eigenvalue weighted by atomic mass is 10.1. The molecule has 2 N–H and O–H groups in total. The summed E-state index contributed by atoms with van der Waals surface area (Å²) in [7, 11) is 1.86. The fourth-order valence-electron chi connectivity index (χ4n) is 3.59. The first kappa shape index (κ1) is 24.0. The van der Waals surface area contributed by atoms with E-state index < -0.39 is 0 Å². The Kier molecular flexibility index (Phi) is 12.5. The molecule has 1 saturated heterocycles. The van der Waals surface area contributed by atoms with Gasteiger partial charge in [0.2, 0.25) is 0 Å². The predicted molar refractivity (Wildman–Crippen MR) is 129 cm³/mol. The van der Waals surface area contributed by atoms with Crippen molar-refractivity contribution in [2.75, 3.05) is 51.2 Å². The summed E-state index contributed by atoms with van der Waals surface area (Å²) < 4.78 is 0. The first-order chi connectivity index (χ1) is 12.8. The highest BCUT2D eigenvalue weighted by Crippen LogP contribution is 2.13. The van der Waals surface area contributed by atoms with Gasteiger partial charge in [-0.3, -0.25) is 4.99 Å². The monoisotopic (exact) mass is 487 g/mol. The minimum absolute atomic E-state index is 0. The van der Waals surface area contributed by atoms with Crippen molar-refractivity contribution in [2.24, 2.45) is 4.99 Å². The molecule has 0 atom stereocenters. The van der Waals surface area contributed by atoms with Gasteiger partial charge in [0, 0.05) is 51.5 Å². The third kappa shape index (κ3) is 8.68. The standard InChI is InChI=1S/C21H37N5.HI/c1-4-15-25-17-12-19(13-18-25)24-21(22-3)23-14-9-16-26(5-2)20-10-7-6-8-11-20;/h6-8,10-11,19H,4-5,9,12-18H2,1-3H3,(H2,22,23,24);1H. The molecule has 1 fully saturated rings. The summed E-state index contributed by atoms with van der Waals surface area (Å²) in [6, 6.07) is 11.2. The van der Waals surface area contributed by atoms with Gasteiger partial charge < -0.3 is 20.4 Å². The minimum Gasteiger partial charge on any atom is -0.372 e. The van der Waals surface area contributed by atoms with E-state index in [1.54, 1.807) is 0 Å². The van der Waals surface area contributed by atoms with E-state index in [-0.39, 0.29) is 24.0 Å². The van der Waals surface area contributed by atoms with Gasteiger partial charge in [0.25, 0.3) is 0 Å². The van der Waals surface area contributed by atoms with E-state index in [4.69, 9.17) is 0 Å². The number of piperidine rings is 1. The summed E-state index contributed by atoms with van der Waals surface area (Å²) in [6.07, 6.45) is 4.76. The van der Waals surface area contributed by atoms with Gasteiger partial charge >= 0.3 is 0 Å². The zero-order valence-electron chi connectivity index (χ0n) is 17.3. The fraction of sp³-hybridized carbons (Fsp3) is 0.667. The van der Waals surface area contributed by atoms with Crippen molar-refractivity contribution in [3.63, 3.8) is 0 Å². The van der Waals surface area contributed by atoms with Gasteiger partial charge in [0.1, 0.15) is 0 Å². The third-order valence-corrected chi connectivity index (χ3v) is 5.09. The van der Waals surface area contributed by atoms with Gasteiger partial charge in [-0.25, -0.2) is 0 Å². The molecule has 154 valence electrons. The summed E-state index contributed by atoms with van der Waals surface area (Å²) in [6.45, 7) is 11.1. The Labute approximate surface area is 183 Å². The van der Waals surface area contributed by atoms with E-state index in [9.17, 15) is 0 Å². The molecule has 0 spiro atoms. The van der Waals surface area contributed by atoms with Crippen LogP contribution in [0.5, 0.6) is 0 Å². The highest BCUT2D eigenvalue weighted by atomic mass is 127. The third-order valence-electron chi connectivity index (χ3n) is 5.09. The molecule has 0 saturated carbocycles. The number of guanidine groups is 1. The Balaban J connectivity index is 0.00000364. The van der Waals surface area contributed by atoms with E-state index in [1.807, 2.05) is 7.05 Å². The molecule has 0 bridgehead atoms. The summed E-state index contributed by atoms with van der Waals surface area (Å²) in [5.41, 5.74) is 1.30. The van der Waals surface area contributed by atoms with Crippen LogP contribution in [0.3, 0.4) is 0 Å². The SMILES string of the molecule is CCCN1CCC(NC(=NC)NCCCN(CC)c2ccccc2)CC1.I. The summed E-state index contributed by atoms with van der Waals surface area (Å²) in [4.78, 5) is 9.38. The number of hydrogen-bond acceptors (Lipinski definition) is 3. The van der Waals surface area contributed by atoms with Crippen molar-refractivity contribution < 1.29 is 0 Å². The van der Waals surface area contributed by atoms with E-state index in [0.29, 0.717) is 6.04 Å². The van der Waals surface area contributed by atoms with Crippen LogP contribution in [-0.2, 0) is 0 Å². The number of rotatable bonds is 9. The number of para-hydroxylation sites is 1. The number of benzene rings is 1. The molecule has 1 aliphatic rings. The molecule has 0 unspecified atom stereocenters. The van der Waals surface area contributed by atoms with Gasteiger partial charge in [-0.05, 0) is 51.3 Å². The molecule has 1 heterocycles. The highest BCUT2D eigenvalue weighted by Gasteiger charge is 2.19. The maximum Gasteiger partial charge on any atom is 0.191 e. The fourth-order valence-corrected chi connectivity index (χ4v) is 3.59. The molecule has 0 aliphatic carbocycles. The van der Waals surface area contributed by atoms with Gasteiger partial charge in [0.05, 0.1) is 0 Å². The van der Waals surface area contributed by atoms with E-state index >= 15 is 0 Å². The van der Waals surface area contributed by atoms with Crippen LogP contribution in [0.25, 0.3) is 0 Å². The second kappa shape index (κ2) is 14.0. The van der Waals surface area contributed by atoms with Crippen LogP contribution in [0.2, 0.25) is 0 Å². The number of anilines is 1. The topological polar surface area (TPSA) is 42.9 Å². The zero-order chi connectivity index (χ0) is 18.6. The summed E-state index contributed by atoms with van der Waals surface area (Å²) >= 11 is 0. The minimum atomic E-state index is 0. The number of halogens is 1. The molecule has 6 heteroatoms. The Hall–Kier alpha value is -1.02. The van der Waals surface area contributed by atoms with Crippen LogP contribution >= 0.6 is 24.0 Å². The maximum atomic E-state index is 4.40. The Morgan fingerprint density at radius 2 is 1.89 bits per heavy atom. The Bertz CT molecular complexity index is 515. The van der Waals surface area contributed by atoms with Crippen LogP contribution < -0.4 is 15.5 Å². The van der Waals surface area contributed by atoms with Gasteiger partial charge in [0.15, 0.2) is 5.96 Å². The lowest BCUT2D eigenvalue weighted by molar-refractivity contribution is 0.206. The van der Waals surface area contributed by atoms with Gasteiger partial charge in [-0.15, -0.1) is 24.0 Å². The van der Waals surface area contributed by atoms with E-state index in [0.717, 1.165) is 32.0 Å². The molecule has 0 radical (unpaired) electrons. The molecule has 1 aromatic carbocycles. The molecular weight excluding hydrogens is 449 g/mol. The average Bonchev–Trinajstić information content (AvgIpc) is 2.69. The Morgan fingerprint density at radius 3 is 2.48 bits per heavy atom. The van der Waals surface area contributed by atoms with Crippen molar-refractivity contribution in [3.8, 4) is 0 Å². The molecular formula is C21H38IN5. The normalized spacial score (nSPS) is 15.9. The van der Waals surface area contributed by atoms with Crippen LogP contribution in [0.15, 0.2) is 35.3 Å². The molecule has 5 nitrogen and oxygen atoms in total. The van der Waals surface area contributed by atoms with Crippen molar-refractivity contribution in [2.45, 2.75) is 45.6 Å². The number of hydrogen-bond donors (Lipinski definition) is 2. The maximum absolute atomic E-state index is 4.40. The smallest absolute Gasteiger partial charge is 0.191 e. The lowest BCUT2D eigenvalue weighted by Crippen LogP contribution is -2.49. The number of nitrogens with one attached hydrogen (secondary N) is 2. The number of aliphatic imine (C=N–C) groups is 1. The van der Waals surface area contributed by atoms with Crippen molar-refractivity contribution in [3.05, 3.63) is 30.3 Å². The summed E-state index contributed by atoms with van der Waals surface area (Å²) in [5.74, 6) is 0.946. The molecule has 1 aromatic rings. The first-order valence-electron chi connectivity index (χ1n) is 10.3. The number of likely N-dealkylation sites (tertiary alicyclic amines) is 1. The van der Waals surface area contributed by atoms with Crippen molar-refractivity contribution >= 4 is 35.6 Å². The van der Waals surface area contributed by atoms with Gasteiger partial charge in [-0.2, -0.15) is 0 Å². The molecule has 0 amide bonds. The predicted octanol–water partition coefficient (Wildman–Crippen LogP) is 3.56. The largest absolute Gasteiger partial charge is 0.372 e. The quantitative estimate of drug-likeness (QED) is 0.242. The van der Waals surface area contributed by atoms with Crippen LogP contribution in [0, 0.1) is 0 Å². The highest BCUT2D eigenvalue weighted by molar-refractivity contribution is 14.0. The van der Waals surface area contributed by atoms with Crippen molar-refractivity contribution in [1.29, 1.82) is 0 Å². The van der Waals surface area contributed by atoms with E-state index in [2.05, 4.69) is 69.6 Å². The molecule has 2 rings (SSSR count). The van der Waals surface area contributed by atoms with Crippen molar-refractivity contribution in [1.82, 2.24) is 15.5 Å². The molecule has 27 heavy (non-hydrogen) atoms.